The maximum atomic E-state index is 11.7. The van der Waals surface area contributed by atoms with E-state index in [1.54, 1.807) is 18.2 Å². The number of pyridine rings is 1. The fourth-order valence-corrected chi connectivity index (χ4v) is 1.47. The van der Waals surface area contributed by atoms with Crippen LogP contribution in [-0.4, -0.2) is 16.0 Å². The van der Waals surface area contributed by atoms with Crippen molar-refractivity contribution in [3.8, 4) is 5.75 Å². The molecule has 0 aliphatic rings. The van der Waals surface area contributed by atoms with Crippen molar-refractivity contribution in [1.29, 1.82) is 0 Å². The maximum Gasteiger partial charge on any atom is 0.273 e. The molecule has 2 rings (SSSR count). The van der Waals surface area contributed by atoms with E-state index in [-0.39, 0.29) is 11.4 Å². The van der Waals surface area contributed by atoms with E-state index in [1.165, 1.54) is 12.3 Å². The summed E-state index contributed by atoms with van der Waals surface area (Å²) in [4.78, 5) is 15.6. The van der Waals surface area contributed by atoms with Crippen LogP contribution < -0.4 is 11.1 Å². The number of nitrogens with zero attached hydrogens (tertiary/aromatic N) is 1. The van der Waals surface area contributed by atoms with E-state index in [2.05, 4.69) is 10.3 Å². The van der Waals surface area contributed by atoms with Gasteiger partial charge in [-0.2, -0.15) is 0 Å². The van der Waals surface area contributed by atoms with Crippen molar-refractivity contribution in [2.45, 2.75) is 6.54 Å². The summed E-state index contributed by atoms with van der Waals surface area (Å²) < 4.78 is 0. The molecule has 5 heteroatoms. The molecule has 1 heterocycles. The predicted octanol–water partition coefficient (Wildman–Crippen LogP) is 1.30. The number of rotatable bonds is 3. The van der Waals surface area contributed by atoms with Gasteiger partial charge in [-0.15, -0.1) is 0 Å². The van der Waals surface area contributed by atoms with Crippen molar-refractivity contribution in [3.63, 3.8) is 0 Å². The van der Waals surface area contributed by atoms with E-state index >= 15 is 0 Å². The lowest BCUT2D eigenvalue weighted by molar-refractivity contribution is 0.0943. The highest BCUT2D eigenvalue weighted by atomic mass is 16.3. The molecule has 18 heavy (non-hydrogen) atoms. The van der Waals surface area contributed by atoms with Crippen molar-refractivity contribution < 1.29 is 9.90 Å². The van der Waals surface area contributed by atoms with E-state index in [4.69, 9.17) is 5.73 Å². The molecule has 1 aromatic carbocycles. The number of aromatic hydroxyl groups is 1. The number of hydrogen-bond donors (Lipinski definition) is 3. The van der Waals surface area contributed by atoms with Crippen LogP contribution in [0.15, 0.2) is 42.6 Å². The van der Waals surface area contributed by atoms with Gasteiger partial charge in [0.15, 0.2) is 5.69 Å². The zero-order chi connectivity index (χ0) is 13.0. The first-order chi connectivity index (χ1) is 8.66. The third-order valence-corrected chi connectivity index (χ3v) is 2.43. The first-order valence-electron chi connectivity index (χ1n) is 5.43. The molecule has 0 aliphatic carbocycles. The lowest BCUT2D eigenvalue weighted by Gasteiger charge is -2.06. The van der Waals surface area contributed by atoms with Crippen LogP contribution in [0.3, 0.4) is 0 Å². The van der Waals surface area contributed by atoms with E-state index < -0.39 is 5.91 Å². The Kier molecular flexibility index (Phi) is 3.43. The fraction of sp³-hybridized carbons (Fsp3) is 0.0769. The Bertz CT molecular complexity index is 552. The second-order valence-corrected chi connectivity index (χ2v) is 3.80. The zero-order valence-electron chi connectivity index (χ0n) is 9.63. The molecule has 0 bridgehead atoms. The minimum atomic E-state index is -0.412. The van der Waals surface area contributed by atoms with Gasteiger partial charge in [0, 0.05) is 18.4 Å². The predicted molar refractivity (Wildman–Crippen MR) is 67.9 cm³/mol. The molecule has 4 N–H and O–H groups in total. The molecular formula is C13H13N3O2. The number of aromatic nitrogens is 1. The van der Waals surface area contributed by atoms with Crippen molar-refractivity contribution >= 4 is 11.6 Å². The molecule has 0 atom stereocenters. The molecule has 0 aliphatic heterocycles. The monoisotopic (exact) mass is 243 g/mol. The summed E-state index contributed by atoms with van der Waals surface area (Å²) in [5.41, 5.74) is 7.18. The summed E-state index contributed by atoms with van der Waals surface area (Å²) in [6.07, 6.45) is 1.46. The lowest BCUT2D eigenvalue weighted by Crippen LogP contribution is -2.23. The Hall–Kier alpha value is -2.56. The molecule has 0 fully saturated rings. The van der Waals surface area contributed by atoms with Gasteiger partial charge in [-0.25, -0.2) is 4.98 Å². The Morgan fingerprint density at radius 3 is 2.67 bits per heavy atom. The second-order valence-electron chi connectivity index (χ2n) is 3.80. The van der Waals surface area contributed by atoms with E-state index in [1.807, 2.05) is 12.1 Å². The van der Waals surface area contributed by atoms with Crippen LogP contribution >= 0.6 is 0 Å². The van der Waals surface area contributed by atoms with Gasteiger partial charge < -0.3 is 16.2 Å². The number of hydrogen-bond acceptors (Lipinski definition) is 4. The summed E-state index contributed by atoms with van der Waals surface area (Å²) in [6.45, 7) is 0.356. The van der Waals surface area contributed by atoms with Crippen LogP contribution in [0.2, 0.25) is 0 Å². The summed E-state index contributed by atoms with van der Waals surface area (Å²) in [5, 5.41) is 12.1. The molecule has 0 radical (unpaired) electrons. The van der Waals surface area contributed by atoms with Gasteiger partial charge >= 0.3 is 0 Å². The van der Waals surface area contributed by atoms with Gasteiger partial charge in [-0.1, -0.05) is 12.1 Å². The highest BCUT2D eigenvalue weighted by Crippen LogP contribution is 2.12. The van der Waals surface area contributed by atoms with Crippen molar-refractivity contribution in [3.05, 3.63) is 53.9 Å². The smallest absolute Gasteiger partial charge is 0.273 e. The van der Waals surface area contributed by atoms with Crippen LogP contribution in [-0.2, 0) is 6.54 Å². The van der Waals surface area contributed by atoms with Gasteiger partial charge in [0.25, 0.3) is 5.91 Å². The number of carbonyl (C=O) groups excluding carboxylic acids is 1. The van der Waals surface area contributed by atoms with Crippen LogP contribution in [0.1, 0.15) is 16.1 Å². The van der Waals surface area contributed by atoms with Crippen LogP contribution in [0.5, 0.6) is 5.75 Å². The van der Waals surface area contributed by atoms with E-state index in [0.717, 1.165) is 5.56 Å². The first kappa shape index (κ1) is 11.9. The molecule has 1 amide bonds. The highest BCUT2D eigenvalue weighted by Gasteiger charge is 2.11. The molecule has 0 saturated carbocycles. The normalized spacial score (nSPS) is 10.0. The minimum absolute atomic E-state index is 0.0212. The minimum Gasteiger partial charge on any atom is -0.505 e. The standard InChI is InChI=1S/C13H13N3O2/c14-10-5-3-9(4-6-10)8-16-13(18)12-11(17)2-1-7-15-12/h1-7,17H,8,14H2,(H,16,18). The number of anilines is 1. The third kappa shape index (κ3) is 2.76. The Morgan fingerprint density at radius 2 is 2.00 bits per heavy atom. The van der Waals surface area contributed by atoms with Crippen molar-refractivity contribution in [2.75, 3.05) is 5.73 Å². The molecule has 0 saturated heterocycles. The van der Waals surface area contributed by atoms with E-state index in [0.29, 0.717) is 12.2 Å². The SMILES string of the molecule is Nc1ccc(CNC(=O)c2ncccc2O)cc1. The Labute approximate surface area is 104 Å². The Balaban J connectivity index is 2.01. The lowest BCUT2D eigenvalue weighted by atomic mass is 10.2. The molecule has 0 spiro atoms. The molecule has 1 aromatic heterocycles. The van der Waals surface area contributed by atoms with Crippen molar-refractivity contribution in [1.82, 2.24) is 10.3 Å². The Morgan fingerprint density at radius 1 is 1.28 bits per heavy atom. The topological polar surface area (TPSA) is 88.2 Å². The third-order valence-electron chi connectivity index (χ3n) is 2.43. The van der Waals surface area contributed by atoms with E-state index in [9.17, 15) is 9.90 Å². The van der Waals surface area contributed by atoms with Crippen LogP contribution in [0, 0.1) is 0 Å². The summed E-state index contributed by atoms with van der Waals surface area (Å²) >= 11 is 0. The number of amides is 1. The fourth-order valence-electron chi connectivity index (χ4n) is 1.47. The molecule has 5 nitrogen and oxygen atoms in total. The quantitative estimate of drug-likeness (QED) is 0.709. The van der Waals surface area contributed by atoms with Gasteiger partial charge in [0.1, 0.15) is 5.75 Å². The number of nitrogens with two attached hydrogens (primary N) is 1. The van der Waals surface area contributed by atoms with Gasteiger partial charge in [-0.3, -0.25) is 4.79 Å². The molecule has 92 valence electrons. The number of nitrogens with one attached hydrogen (secondary N) is 1. The number of benzene rings is 1. The van der Waals surface area contributed by atoms with Crippen LogP contribution in [0.25, 0.3) is 0 Å². The van der Waals surface area contributed by atoms with Gasteiger partial charge in [-0.05, 0) is 29.8 Å². The average molecular weight is 243 g/mol. The summed E-state index contributed by atoms with van der Waals surface area (Å²) in [6, 6.07) is 10.2. The zero-order valence-corrected chi connectivity index (χ0v) is 9.63. The summed E-state index contributed by atoms with van der Waals surface area (Å²) in [7, 11) is 0. The number of nitrogen functional groups attached to an aromatic ring is 1. The molecule has 0 unspecified atom stereocenters. The second kappa shape index (κ2) is 5.18. The van der Waals surface area contributed by atoms with Gasteiger partial charge in [0.2, 0.25) is 0 Å². The average Bonchev–Trinajstić information content (AvgIpc) is 2.38. The maximum absolute atomic E-state index is 11.7. The first-order valence-corrected chi connectivity index (χ1v) is 5.43. The summed E-state index contributed by atoms with van der Waals surface area (Å²) in [5.74, 6) is -0.544. The molecule has 2 aromatic rings. The number of carbonyl (C=O) groups is 1. The highest BCUT2D eigenvalue weighted by molar-refractivity contribution is 5.94. The largest absolute Gasteiger partial charge is 0.505 e. The van der Waals surface area contributed by atoms with Gasteiger partial charge in [0.05, 0.1) is 0 Å². The molecular weight excluding hydrogens is 230 g/mol. The van der Waals surface area contributed by atoms with Crippen molar-refractivity contribution in [2.24, 2.45) is 0 Å². The van der Waals surface area contributed by atoms with Crippen LogP contribution in [0.4, 0.5) is 5.69 Å².